The van der Waals surface area contributed by atoms with Crippen molar-refractivity contribution < 1.29 is 18.9 Å². The van der Waals surface area contributed by atoms with Crippen molar-refractivity contribution in [2.45, 2.75) is 338 Å². The van der Waals surface area contributed by atoms with Crippen molar-refractivity contribution in [1.29, 1.82) is 0 Å². The van der Waals surface area contributed by atoms with Crippen molar-refractivity contribution in [2.75, 3.05) is 26.4 Å². The topological polar surface area (TPSA) is 36.9 Å². The van der Waals surface area contributed by atoms with Gasteiger partial charge in [0.15, 0.2) is 20.2 Å². The number of unbranched alkanes of at least 4 members (excludes halogenated alkanes) is 16. The molecule has 0 aromatic heterocycles. The molecular weight excluding hydrogens is 973 g/mol. The van der Waals surface area contributed by atoms with E-state index in [4.69, 9.17) is 67.8 Å². The van der Waals surface area contributed by atoms with Gasteiger partial charge in [-0.05, 0) is 98.2 Å². The van der Waals surface area contributed by atoms with Crippen LogP contribution in [0.1, 0.15) is 338 Å². The molecule has 0 bridgehead atoms. The second-order valence-electron chi connectivity index (χ2n) is 23.1. The molecule has 0 amide bonds. The molecular formula is C65H124O4S4. The van der Waals surface area contributed by atoms with Gasteiger partial charge in [0.1, 0.15) is 31.8 Å². The van der Waals surface area contributed by atoms with Crippen LogP contribution >= 0.6 is 48.9 Å². The van der Waals surface area contributed by atoms with Crippen LogP contribution in [-0.4, -0.2) is 46.6 Å². The maximum Gasteiger partial charge on any atom is 0.159 e. The van der Waals surface area contributed by atoms with Gasteiger partial charge in [0.25, 0.3) is 0 Å². The first-order valence-corrected chi connectivity index (χ1v) is 33.8. The molecule has 8 heteroatoms. The van der Waals surface area contributed by atoms with Gasteiger partial charge >= 0.3 is 0 Å². The number of hydrogen-bond donors (Lipinski definition) is 0. The van der Waals surface area contributed by atoms with Crippen LogP contribution in [0.5, 0.6) is 0 Å². The molecule has 0 aromatic carbocycles. The van der Waals surface area contributed by atoms with Crippen LogP contribution in [0.3, 0.4) is 0 Å². The molecule has 4 nitrogen and oxygen atoms in total. The van der Waals surface area contributed by atoms with Crippen molar-refractivity contribution in [3.05, 3.63) is 0 Å². The first-order valence-electron chi connectivity index (χ1n) is 32.2. The van der Waals surface area contributed by atoms with Gasteiger partial charge in [-0.25, -0.2) is 0 Å². The van der Waals surface area contributed by atoms with Gasteiger partial charge in [-0.1, -0.05) is 287 Å². The molecule has 432 valence electrons. The Balaban J connectivity index is 6.02. The van der Waals surface area contributed by atoms with Crippen LogP contribution in [-0.2, 0) is 18.9 Å². The molecule has 0 saturated heterocycles. The smallest absolute Gasteiger partial charge is 0.159 e. The number of hydrogen-bond acceptors (Lipinski definition) is 8. The number of rotatable bonds is 56. The third-order valence-corrected chi connectivity index (χ3v) is 17.1. The molecule has 0 saturated carbocycles. The lowest BCUT2D eigenvalue weighted by molar-refractivity contribution is -0.0163. The second kappa shape index (κ2) is 53.6. The van der Waals surface area contributed by atoms with E-state index in [1.165, 1.54) is 231 Å². The minimum absolute atomic E-state index is 0.320. The van der Waals surface area contributed by atoms with E-state index in [-0.39, 0.29) is 0 Å². The zero-order valence-corrected chi connectivity index (χ0v) is 53.3. The highest BCUT2D eigenvalue weighted by Crippen LogP contribution is 2.29. The first-order chi connectivity index (χ1) is 35.5. The fraction of sp³-hybridized carbons (Fsp3) is 0.938. The summed E-state index contributed by atoms with van der Waals surface area (Å²) in [5.41, 5.74) is -0.683. The largest absolute Gasteiger partial charge is 0.486 e. The third kappa shape index (κ3) is 45.2. The maximum absolute atomic E-state index is 6.57. The lowest BCUT2D eigenvalue weighted by Crippen LogP contribution is -2.43. The molecule has 0 fully saturated rings. The van der Waals surface area contributed by atoms with Gasteiger partial charge in [-0.3, -0.25) is 0 Å². The Kier molecular flexibility index (Phi) is 53.2. The molecule has 0 aliphatic carbocycles. The summed E-state index contributed by atoms with van der Waals surface area (Å²) < 4.78 is 26.3. The molecule has 0 aromatic rings. The quantitative estimate of drug-likeness (QED) is 0.0441. The van der Waals surface area contributed by atoms with E-state index < -0.39 is 5.41 Å². The van der Waals surface area contributed by atoms with Crippen LogP contribution < -0.4 is 0 Å². The molecule has 0 rings (SSSR count). The zero-order chi connectivity index (χ0) is 53.9. The summed E-state index contributed by atoms with van der Waals surface area (Å²) in [4.78, 5) is 0. The summed E-state index contributed by atoms with van der Waals surface area (Å²) in [6.45, 7) is 19.8. The van der Waals surface area contributed by atoms with Crippen LogP contribution in [0.15, 0.2) is 0 Å². The lowest BCUT2D eigenvalue weighted by atomic mass is 9.90. The Morgan fingerprint density at radius 1 is 0.247 bits per heavy atom. The number of ether oxygens (including phenoxy) is 4. The fourth-order valence-electron chi connectivity index (χ4n) is 10.7. The lowest BCUT2D eigenvalue weighted by Gasteiger charge is -2.33. The van der Waals surface area contributed by atoms with Crippen molar-refractivity contribution in [3.63, 3.8) is 0 Å². The zero-order valence-electron chi connectivity index (χ0n) is 50.0. The summed E-state index contributed by atoms with van der Waals surface area (Å²) in [5, 5.41) is 2.65. The van der Waals surface area contributed by atoms with Gasteiger partial charge < -0.3 is 18.9 Å². The molecule has 0 N–H and O–H groups in total. The minimum atomic E-state index is -0.683. The van der Waals surface area contributed by atoms with Gasteiger partial charge in [-0.15, -0.1) is 0 Å². The van der Waals surface area contributed by atoms with Crippen molar-refractivity contribution in [1.82, 2.24) is 0 Å². The van der Waals surface area contributed by atoms with Crippen molar-refractivity contribution in [3.8, 4) is 0 Å². The van der Waals surface area contributed by atoms with E-state index in [0.29, 0.717) is 46.6 Å². The SMILES string of the molecule is CCCCC(CCCC)CCCCCC(=S)OCC(COC(=S)CCCCCC(CCCC)CCCC)(COC(=S)CCCCCC(CCCC)CCCC)COC(=S)CCCCCC(CCCC)CCCC. The summed E-state index contributed by atoms with van der Waals surface area (Å²) in [5.74, 6) is 3.45. The predicted molar refractivity (Wildman–Crippen MR) is 339 cm³/mol. The van der Waals surface area contributed by atoms with E-state index in [1.807, 2.05) is 0 Å². The first kappa shape index (κ1) is 72.6. The van der Waals surface area contributed by atoms with E-state index in [9.17, 15) is 0 Å². The molecule has 0 unspecified atom stereocenters. The Morgan fingerprint density at radius 2 is 0.411 bits per heavy atom. The third-order valence-electron chi connectivity index (χ3n) is 15.9. The van der Waals surface area contributed by atoms with Gasteiger partial charge in [0.2, 0.25) is 0 Å². The molecule has 0 heterocycles. The Hall–Kier alpha value is -0.440. The molecule has 0 spiro atoms. The summed E-state index contributed by atoms with van der Waals surface area (Å²) in [7, 11) is 0. The number of thiocarbonyl (C=S) groups is 4. The average molecular weight is 1100 g/mol. The van der Waals surface area contributed by atoms with E-state index in [2.05, 4.69) is 55.4 Å². The van der Waals surface area contributed by atoms with Crippen LogP contribution in [0.4, 0.5) is 0 Å². The normalized spacial score (nSPS) is 11.9. The highest BCUT2D eigenvalue weighted by molar-refractivity contribution is 7.80. The summed E-state index contributed by atoms with van der Waals surface area (Å²) in [6.07, 6.45) is 54.5. The fourth-order valence-corrected chi connectivity index (χ4v) is 11.5. The Bertz CT molecular complexity index is 1040. The van der Waals surface area contributed by atoms with Crippen LogP contribution in [0.2, 0.25) is 0 Å². The van der Waals surface area contributed by atoms with E-state index in [1.54, 1.807) is 0 Å². The molecule has 0 radical (unpaired) electrons. The predicted octanol–water partition coefficient (Wildman–Crippen LogP) is 23.1. The van der Waals surface area contributed by atoms with Gasteiger partial charge in [0, 0.05) is 25.7 Å². The molecule has 0 atom stereocenters. The highest BCUT2D eigenvalue weighted by Gasteiger charge is 2.37. The monoisotopic (exact) mass is 1100 g/mol. The summed E-state index contributed by atoms with van der Waals surface area (Å²) >= 11 is 23.9. The Morgan fingerprint density at radius 3 is 0.575 bits per heavy atom. The van der Waals surface area contributed by atoms with Gasteiger partial charge in [-0.2, -0.15) is 0 Å². The molecule has 73 heavy (non-hydrogen) atoms. The summed E-state index contributed by atoms with van der Waals surface area (Å²) in [6, 6.07) is 0. The Labute approximate surface area is 478 Å². The average Bonchev–Trinajstić information content (AvgIpc) is 3.39. The standard InChI is InChI=1S/C65H124O4S4/c1-9-17-37-57(38-18-10-2)45-29-25-33-49-61(70)66-53-65(54-67-62(71)50-34-26-30-46-58(39-19-11-3)40-20-12-4,55-68-63(72)51-35-27-31-47-59(41-21-13-5)42-22-14-6)56-69-64(73)52-36-28-32-48-60(43-23-15-7)44-24-16-8/h57-60H,9-56H2,1-8H3. The van der Waals surface area contributed by atoms with Gasteiger partial charge in [0.05, 0.1) is 0 Å². The van der Waals surface area contributed by atoms with Crippen LogP contribution in [0.25, 0.3) is 0 Å². The second-order valence-corrected chi connectivity index (χ2v) is 25.0. The molecule has 0 aliphatic rings. The molecule has 0 aliphatic heterocycles. The highest BCUT2D eigenvalue weighted by atomic mass is 32.1. The van der Waals surface area contributed by atoms with E-state index in [0.717, 1.165) is 75.0 Å². The minimum Gasteiger partial charge on any atom is -0.486 e. The van der Waals surface area contributed by atoms with E-state index >= 15 is 0 Å². The van der Waals surface area contributed by atoms with Crippen molar-refractivity contribution >= 4 is 69.1 Å². The van der Waals surface area contributed by atoms with Crippen LogP contribution in [0, 0.1) is 29.1 Å². The van der Waals surface area contributed by atoms with Crippen molar-refractivity contribution in [2.24, 2.45) is 29.1 Å². The maximum atomic E-state index is 6.57.